The standard InChI is InChI=1S/C11H14O.C3H8/c1-8(2)6-10-4-5-11(12)7-9(10)3;1-3-2/h4-7,12H,1-3H3;3H2,1-2H3. The summed E-state index contributed by atoms with van der Waals surface area (Å²) in [5.41, 5.74) is 3.55. The highest BCUT2D eigenvalue weighted by molar-refractivity contribution is 5.56. The Labute approximate surface area is 93.5 Å². The van der Waals surface area contributed by atoms with Gasteiger partial charge in [-0.3, -0.25) is 0 Å². The minimum atomic E-state index is 0.332. The zero-order valence-electron chi connectivity index (χ0n) is 10.5. The van der Waals surface area contributed by atoms with E-state index in [1.807, 2.05) is 13.0 Å². The Morgan fingerprint density at radius 2 is 1.80 bits per heavy atom. The first-order valence-corrected chi connectivity index (χ1v) is 5.45. The van der Waals surface area contributed by atoms with Crippen molar-refractivity contribution in [3.8, 4) is 5.75 Å². The van der Waals surface area contributed by atoms with E-state index in [2.05, 4.69) is 33.8 Å². The molecule has 0 aliphatic rings. The van der Waals surface area contributed by atoms with Crippen molar-refractivity contribution >= 4 is 6.08 Å². The highest BCUT2D eigenvalue weighted by Crippen LogP contribution is 2.17. The number of benzene rings is 1. The van der Waals surface area contributed by atoms with Gasteiger partial charge in [0.2, 0.25) is 0 Å². The molecule has 0 aliphatic heterocycles. The molecule has 1 aromatic carbocycles. The summed E-state index contributed by atoms with van der Waals surface area (Å²) in [6, 6.07) is 5.41. The predicted octanol–water partition coefficient (Wildman–Crippen LogP) is 4.54. The fraction of sp³-hybridized carbons (Fsp3) is 0.429. The van der Waals surface area contributed by atoms with E-state index in [0.29, 0.717) is 5.75 Å². The highest BCUT2D eigenvalue weighted by Gasteiger charge is 1.95. The van der Waals surface area contributed by atoms with Crippen LogP contribution in [-0.4, -0.2) is 5.11 Å². The van der Waals surface area contributed by atoms with Gasteiger partial charge in [-0.2, -0.15) is 0 Å². The van der Waals surface area contributed by atoms with Gasteiger partial charge < -0.3 is 5.11 Å². The maximum atomic E-state index is 9.15. The van der Waals surface area contributed by atoms with Crippen LogP contribution in [0.15, 0.2) is 23.8 Å². The molecule has 0 bridgehead atoms. The van der Waals surface area contributed by atoms with Gasteiger partial charge in [0.25, 0.3) is 0 Å². The molecule has 1 rings (SSSR count). The molecule has 0 atom stereocenters. The van der Waals surface area contributed by atoms with Crippen molar-refractivity contribution in [3.05, 3.63) is 34.9 Å². The van der Waals surface area contributed by atoms with Gasteiger partial charge in [-0.25, -0.2) is 0 Å². The molecule has 0 heterocycles. The number of aromatic hydroxyl groups is 1. The molecular weight excluding hydrogens is 184 g/mol. The van der Waals surface area contributed by atoms with Crippen LogP contribution < -0.4 is 0 Å². The summed E-state index contributed by atoms with van der Waals surface area (Å²) in [7, 11) is 0. The van der Waals surface area contributed by atoms with Gasteiger partial charge in [0.15, 0.2) is 0 Å². The van der Waals surface area contributed by atoms with E-state index in [0.717, 1.165) is 5.56 Å². The second kappa shape index (κ2) is 7.10. The molecule has 0 amide bonds. The van der Waals surface area contributed by atoms with Crippen LogP contribution in [0.2, 0.25) is 0 Å². The molecule has 15 heavy (non-hydrogen) atoms. The van der Waals surface area contributed by atoms with Gasteiger partial charge in [0.1, 0.15) is 5.75 Å². The molecule has 0 radical (unpaired) electrons. The first-order chi connectivity index (χ1) is 7.01. The van der Waals surface area contributed by atoms with Gasteiger partial charge in [0, 0.05) is 0 Å². The van der Waals surface area contributed by atoms with Crippen LogP contribution in [0.5, 0.6) is 5.75 Å². The molecule has 0 saturated carbocycles. The lowest BCUT2D eigenvalue weighted by molar-refractivity contribution is 0.475. The number of allylic oxidation sites excluding steroid dienone is 1. The summed E-state index contributed by atoms with van der Waals surface area (Å²) in [6.45, 7) is 10.4. The fourth-order valence-electron chi connectivity index (χ4n) is 1.13. The Morgan fingerprint density at radius 1 is 1.27 bits per heavy atom. The maximum absolute atomic E-state index is 9.15. The minimum Gasteiger partial charge on any atom is -0.508 e. The predicted molar refractivity (Wildman–Crippen MR) is 68.1 cm³/mol. The molecule has 0 spiro atoms. The Morgan fingerprint density at radius 3 is 2.20 bits per heavy atom. The number of aryl methyl sites for hydroxylation is 1. The van der Waals surface area contributed by atoms with Crippen LogP contribution >= 0.6 is 0 Å². The van der Waals surface area contributed by atoms with Gasteiger partial charge in [-0.15, -0.1) is 0 Å². The minimum absolute atomic E-state index is 0.332. The van der Waals surface area contributed by atoms with Crippen molar-refractivity contribution in [3.63, 3.8) is 0 Å². The lowest BCUT2D eigenvalue weighted by atomic mass is 10.1. The summed E-state index contributed by atoms with van der Waals surface area (Å²) < 4.78 is 0. The topological polar surface area (TPSA) is 20.2 Å². The summed E-state index contributed by atoms with van der Waals surface area (Å²) in [5.74, 6) is 0.332. The first kappa shape index (κ1) is 13.8. The Balaban J connectivity index is 0.000000583. The molecular formula is C14H22O. The normalized spacial score (nSPS) is 8.87. The Kier molecular flexibility index (Phi) is 6.52. The molecule has 0 aliphatic carbocycles. The lowest BCUT2D eigenvalue weighted by Gasteiger charge is -2.01. The van der Waals surface area contributed by atoms with E-state index < -0.39 is 0 Å². The molecule has 1 nitrogen and oxygen atoms in total. The number of hydrogen-bond donors (Lipinski definition) is 1. The van der Waals surface area contributed by atoms with Crippen LogP contribution in [0.4, 0.5) is 0 Å². The molecule has 1 heteroatoms. The SMILES string of the molecule is CC(C)=Cc1ccc(O)cc1C.CCC. The first-order valence-electron chi connectivity index (χ1n) is 5.45. The molecule has 0 saturated heterocycles. The second-order valence-electron chi connectivity index (χ2n) is 3.97. The van der Waals surface area contributed by atoms with Crippen molar-refractivity contribution in [2.45, 2.75) is 41.0 Å². The van der Waals surface area contributed by atoms with Gasteiger partial charge in [0.05, 0.1) is 0 Å². The van der Waals surface area contributed by atoms with E-state index >= 15 is 0 Å². The molecule has 1 N–H and O–H groups in total. The summed E-state index contributed by atoms with van der Waals surface area (Å²) in [6.07, 6.45) is 3.36. The van der Waals surface area contributed by atoms with E-state index in [1.54, 1.807) is 12.1 Å². The van der Waals surface area contributed by atoms with Gasteiger partial charge in [-0.1, -0.05) is 38.0 Å². The van der Waals surface area contributed by atoms with Gasteiger partial charge in [-0.05, 0) is 44.0 Å². The van der Waals surface area contributed by atoms with Crippen molar-refractivity contribution in [2.75, 3.05) is 0 Å². The van der Waals surface area contributed by atoms with Crippen molar-refractivity contribution < 1.29 is 5.11 Å². The number of phenols is 1. The summed E-state index contributed by atoms with van der Waals surface area (Å²) in [4.78, 5) is 0. The van der Waals surface area contributed by atoms with E-state index in [-0.39, 0.29) is 0 Å². The molecule has 84 valence electrons. The third-order valence-corrected chi connectivity index (χ3v) is 1.70. The quantitative estimate of drug-likeness (QED) is 0.715. The number of rotatable bonds is 1. The lowest BCUT2D eigenvalue weighted by Crippen LogP contribution is -1.80. The van der Waals surface area contributed by atoms with Gasteiger partial charge >= 0.3 is 0 Å². The highest BCUT2D eigenvalue weighted by atomic mass is 16.3. The van der Waals surface area contributed by atoms with E-state index in [1.165, 1.54) is 17.6 Å². The Hall–Kier alpha value is -1.24. The molecule has 0 fully saturated rings. The van der Waals surface area contributed by atoms with Crippen LogP contribution in [0.3, 0.4) is 0 Å². The third kappa shape index (κ3) is 5.95. The van der Waals surface area contributed by atoms with Crippen molar-refractivity contribution in [1.29, 1.82) is 0 Å². The number of hydrogen-bond acceptors (Lipinski definition) is 1. The molecule has 0 aromatic heterocycles. The monoisotopic (exact) mass is 206 g/mol. The third-order valence-electron chi connectivity index (χ3n) is 1.70. The molecule has 0 unspecified atom stereocenters. The van der Waals surface area contributed by atoms with Crippen LogP contribution in [-0.2, 0) is 0 Å². The average Bonchev–Trinajstić information content (AvgIpc) is 2.11. The fourth-order valence-corrected chi connectivity index (χ4v) is 1.13. The summed E-state index contributed by atoms with van der Waals surface area (Å²) in [5, 5.41) is 9.15. The molecule has 1 aromatic rings. The van der Waals surface area contributed by atoms with E-state index in [4.69, 9.17) is 5.11 Å². The maximum Gasteiger partial charge on any atom is 0.115 e. The average molecular weight is 206 g/mol. The Bertz CT molecular complexity index is 320. The smallest absolute Gasteiger partial charge is 0.115 e. The zero-order chi connectivity index (χ0) is 11.8. The zero-order valence-corrected chi connectivity index (χ0v) is 10.5. The van der Waals surface area contributed by atoms with Crippen LogP contribution in [0, 0.1) is 6.92 Å². The summed E-state index contributed by atoms with van der Waals surface area (Å²) >= 11 is 0. The van der Waals surface area contributed by atoms with Crippen molar-refractivity contribution in [2.24, 2.45) is 0 Å². The van der Waals surface area contributed by atoms with E-state index in [9.17, 15) is 0 Å². The van der Waals surface area contributed by atoms with Crippen LogP contribution in [0.1, 0.15) is 45.2 Å². The number of phenolic OH excluding ortho intramolecular Hbond substituents is 1. The second-order valence-corrected chi connectivity index (χ2v) is 3.97. The largest absolute Gasteiger partial charge is 0.508 e. The van der Waals surface area contributed by atoms with Crippen LogP contribution in [0.25, 0.3) is 6.08 Å². The van der Waals surface area contributed by atoms with Crippen molar-refractivity contribution in [1.82, 2.24) is 0 Å².